The van der Waals surface area contributed by atoms with Gasteiger partial charge in [0.1, 0.15) is 58.5 Å². The topological polar surface area (TPSA) is 224 Å². The Hall–Kier alpha value is -7.78. The molecule has 0 aromatic heterocycles. The number of nitriles is 1. The standard InChI is InChI=1S/C34H43NO7.C29H35NO6.C2H3N/c1-24-17-29(39-20-25-13-9-7-10-14-25)30(40-21-26-15-11-8-12-16-26)18-28(24)31(37)41-22-27(36)19-35-34(5,6)23-42-32(38)33(2,3)4;1-21-14-26(34-17-22-10-6-4-7-11-22)27(35-18-23-12-8-5-9-13-23)15-25(21)28(33)36-19-24(32)16-30-29(2,3)20-31;1-2-3/h7-18,27,35-36H,19-23H2,1-6H3;4-15,24,30-32H,16-20H2,1-3H3;1H3/t27-;24-;/m00./s1. The highest BCUT2D eigenvalue weighted by Gasteiger charge is 2.28. The number of nitrogens with one attached hydrogen (secondary N) is 2. The lowest BCUT2D eigenvalue weighted by molar-refractivity contribution is -0.155. The molecule has 2 atom stereocenters. The Balaban J connectivity index is 0.000000336. The molecule has 0 amide bonds. The number of hydrogen-bond acceptors (Lipinski definition) is 16. The van der Waals surface area contributed by atoms with Crippen LogP contribution >= 0.6 is 0 Å². The van der Waals surface area contributed by atoms with Crippen molar-refractivity contribution < 1.29 is 62.9 Å². The van der Waals surface area contributed by atoms with Gasteiger partial charge in [-0.15, -0.1) is 0 Å². The lowest BCUT2D eigenvalue weighted by Gasteiger charge is -2.28. The van der Waals surface area contributed by atoms with Crippen LogP contribution in [0.5, 0.6) is 23.0 Å². The Bertz CT molecular complexity index is 2890. The van der Waals surface area contributed by atoms with Crippen molar-refractivity contribution in [2.24, 2.45) is 5.41 Å². The third-order valence-corrected chi connectivity index (χ3v) is 12.0. The molecular formula is C65H81N3O13. The van der Waals surface area contributed by atoms with Crippen molar-refractivity contribution in [3.05, 3.63) is 190 Å². The van der Waals surface area contributed by atoms with E-state index in [1.54, 1.807) is 65.0 Å². The van der Waals surface area contributed by atoms with Crippen LogP contribution in [0.15, 0.2) is 146 Å². The summed E-state index contributed by atoms with van der Waals surface area (Å²) in [6.07, 6.45) is -1.88. The molecule has 81 heavy (non-hydrogen) atoms. The van der Waals surface area contributed by atoms with Crippen LogP contribution in [0, 0.1) is 30.6 Å². The normalized spacial score (nSPS) is 11.9. The number of ether oxygens (including phenoxy) is 7. The molecule has 6 aromatic rings. The smallest absolute Gasteiger partial charge is 0.338 e. The predicted octanol–water partition coefficient (Wildman–Crippen LogP) is 10.2. The maximum atomic E-state index is 13.1. The third kappa shape index (κ3) is 24.2. The number of rotatable bonds is 27. The van der Waals surface area contributed by atoms with Gasteiger partial charge in [0, 0.05) is 31.1 Å². The largest absolute Gasteiger partial charge is 0.485 e. The van der Waals surface area contributed by atoms with Crippen molar-refractivity contribution in [3.8, 4) is 29.1 Å². The average Bonchev–Trinajstić information content (AvgIpc) is 3.46. The number of β-amino-alcohol motifs (C(OH)–C–C–N with tert-alkyl or cyclic N) is 2. The van der Waals surface area contributed by atoms with Crippen molar-refractivity contribution in [1.29, 1.82) is 5.26 Å². The van der Waals surface area contributed by atoms with Crippen LogP contribution in [0.3, 0.4) is 0 Å². The molecule has 0 bridgehead atoms. The number of nitrogens with zero attached hydrogens (tertiary/aromatic N) is 1. The highest BCUT2D eigenvalue weighted by atomic mass is 16.6. The van der Waals surface area contributed by atoms with Gasteiger partial charge in [-0.05, 0) is 120 Å². The number of aryl methyl sites for hydroxylation is 2. The first-order valence-corrected chi connectivity index (χ1v) is 26.8. The van der Waals surface area contributed by atoms with Gasteiger partial charge in [-0.3, -0.25) is 4.79 Å². The second-order valence-electron chi connectivity index (χ2n) is 21.6. The van der Waals surface area contributed by atoms with Crippen molar-refractivity contribution in [2.45, 2.75) is 119 Å². The molecular weight excluding hydrogens is 1030 g/mol. The van der Waals surface area contributed by atoms with E-state index < -0.39 is 40.6 Å². The monoisotopic (exact) mass is 1110 g/mol. The summed E-state index contributed by atoms with van der Waals surface area (Å²) in [5, 5.41) is 43.5. The van der Waals surface area contributed by atoms with Crippen LogP contribution in [0.25, 0.3) is 0 Å². The van der Waals surface area contributed by atoms with Crippen molar-refractivity contribution in [1.82, 2.24) is 10.6 Å². The van der Waals surface area contributed by atoms with Crippen LogP contribution in [0.4, 0.5) is 0 Å². The minimum Gasteiger partial charge on any atom is -0.485 e. The maximum absolute atomic E-state index is 13.1. The van der Waals surface area contributed by atoms with Gasteiger partial charge in [-0.2, -0.15) is 5.26 Å². The number of aliphatic hydroxyl groups is 3. The third-order valence-electron chi connectivity index (χ3n) is 12.0. The van der Waals surface area contributed by atoms with Crippen LogP contribution in [-0.2, 0) is 45.4 Å². The minimum absolute atomic E-state index is 0.0802. The summed E-state index contributed by atoms with van der Waals surface area (Å²) in [4.78, 5) is 38.0. The van der Waals surface area contributed by atoms with Gasteiger partial charge >= 0.3 is 17.9 Å². The van der Waals surface area contributed by atoms with E-state index in [0.29, 0.717) is 71.7 Å². The number of esters is 3. The lowest BCUT2D eigenvalue weighted by atomic mass is 9.97. The zero-order chi connectivity index (χ0) is 59.4. The molecule has 434 valence electrons. The second kappa shape index (κ2) is 33.1. The van der Waals surface area contributed by atoms with Gasteiger partial charge in [0.2, 0.25) is 0 Å². The summed E-state index contributed by atoms with van der Waals surface area (Å²) < 4.78 is 40.5. The Kier molecular flexibility index (Phi) is 26.9. The Labute approximate surface area is 477 Å². The molecule has 0 aliphatic heterocycles. The molecule has 16 heteroatoms. The van der Waals surface area contributed by atoms with Gasteiger partial charge in [-0.25, -0.2) is 9.59 Å². The van der Waals surface area contributed by atoms with Crippen LogP contribution in [-0.4, -0.2) is 96.0 Å². The summed E-state index contributed by atoms with van der Waals surface area (Å²) in [6, 6.07) is 47.6. The second-order valence-corrected chi connectivity index (χ2v) is 21.6. The molecule has 6 rings (SSSR count). The summed E-state index contributed by atoms with van der Waals surface area (Å²) in [7, 11) is 0. The molecule has 0 aliphatic carbocycles. The summed E-state index contributed by atoms with van der Waals surface area (Å²) >= 11 is 0. The number of aliphatic hydroxyl groups excluding tert-OH is 3. The number of benzene rings is 6. The molecule has 16 nitrogen and oxygen atoms in total. The van der Waals surface area contributed by atoms with E-state index in [9.17, 15) is 29.7 Å². The quantitative estimate of drug-likeness (QED) is 0.0239. The molecule has 0 fully saturated rings. The van der Waals surface area contributed by atoms with Crippen LogP contribution in [0.1, 0.15) is 109 Å². The maximum Gasteiger partial charge on any atom is 0.338 e. The first-order valence-electron chi connectivity index (χ1n) is 26.8. The van der Waals surface area contributed by atoms with Crippen LogP contribution in [0.2, 0.25) is 0 Å². The fourth-order valence-corrected chi connectivity index (χ4v) is 7.13. The van der Waals surface area contributed by atoms with Crippen LogP contribution < -0.4 is 29.6 Å². The summed E-state index contributed by atoms with van der Waals surface area (Å²) in [5.74, 6) is 0.448. The van der Waals surface area contributed by atoms with E-state index in [1.807, 2.05) is 149 Å². The number of hydrogen-bond donors (Lipinski definition) is 5. The van der Waals surface area contributed by atoms with Gasteiger partial charge in [-0.1, -0.05) is 121 Å². The number of carbonyl (C=O) groups is 3. The first kappa shape index (κ1) is 65.7. The predicted molar refractivity (Wildman–Crippen MR) is 311 cm³/mol. The molecule has 0 saturated carbocycles. The van der Waals surface area contributed by atoms with E-state index in [4.69, 9.17) is 38.4 Å². The number of carbonyl (C=O) groups excluding carboxylic acids is 3. The molecule has 5 N–H and O–H groups in total. The Morgan fingerprint density at radius 2 is 0.802 bits per heavy atom. The van der Waals surface area contributed by atoms with Gasteiger partial charge in [0.15, 0.2) is 23.0 Å². The minimum atomic E-state index is -0.964. The molecule has 0 radical (unpaired) electrons. The fraction of sp³-hybridized carbons (Fsp3) is 0.385. The molecule has 0 saturated heterocycles. The van der Waals surface area contributed by atoms with Crippen molar-refractivity contribution >= 4 is 17.9 Å². The van der Waals surface area contributed by atoms with Gasteiger partial charge < -0.3 is 59.1 Å². The molecule has 0 spiro atoms. The van der Waals surface area contributed by atoms with E-state index in [1.165, 1.54) is 6.92 Å². The molecule has 0 heterocycles. The van der Waals surface area contributed by atoms with Crippen molar-refractivity contribution in [2.75, 3.05) is 39.5 Å². The van der Waals surface area contributed by atoms with E-state index >= 15 is 0 Å². The highest BCUT2D eigenvalue weighted by molar-refractivity contribution is 5.92. The molecule has 0 aliphatic rings. The SMILES string of the molecule is CC#N.Cc1cc(OCc2ccccc2)c(OCc2ccccc2)cc1C(=O)OC[C@@H](O)CNC(C)(C)CO.Cc1cc(OCc2ccccc2)c(OCc2ccccc2)cc1C(=O)OC[C@@H](O)CNC(C)(C)COC(=O)C(C)(C)C. The van der Waals surface area contributed by atoms with E-state index in [-0.39, 0.29) is 45.5 Å². The van der Waals surface area contributed by atoms with E-state index in [0.717, 1.165) is 22.3 Å². The average molecular weight is 1110 g/mol. The Morgan fingerprint density at radius 1 is 0.506 bits per heavy atom. The van der Waals surface area contributed by atoms with Crippen molar-refractivity contribution in [3.63, 3.8) is 0 Å². The first-order chi connectivity index (χ1) is 38.5. The summed E-state index contributed by atoms with van der Waals surface area (Å²) in [6.45, 7) is 19.0. The van der Waals surface area contributed by atoms with E-state index in [2.05, 4.69) is 10.6 Å². The zero-order valence-electron chi connectivity index (χ0n) is 48.5. The molecule has 0 unspecified atom stereocenters. The zero-order valence-corrected chi connectivity index (χ0v) is 48.5. The Morgan fingerprint density at radius 3 is 1.10 bits per heavy atom. The lowest BCUT2D eigenvalue weighted by Crippen LogP contribution is -2.48. The molecule has 6 aromatic carbocycles. The van der Waals surface area contributed by atoms with Gasteiger partial charge in [0.05, 0.1) is 29.2 Å². The highest BCUT2D eigenvalue weighted by Crippen LogP contribution is 2.34. The fourth-order valence-electron chi connectivity index (χ4n) is 7.13. The summed E-state index contributed by atoms with van der Waals surface area (Å²) in [5.41, 5.74) is 4.24. The van der Waals surface area contributed by atoms with Gasteiger partial charge in [0.25, 0.3) is 0 Å².